The number of fused-ring (bicyclic) bond motifs is 1. The first-order chi connectivity index (χ1) is 22.1. The molecule has 236 valence electrons. The van der Waals surface area contributed by atoms with Crippen molar-refractivity contribution in [2.45, 2.75) is 23.8 Å². The summed E-state index contributed by atoms with van der Waals surface area (Å²) in [6, 6.07) is 20.1. The van der Waals surface area contributed by atoms with Crippen LogP contribution >= 0.6 is 0 Å². The predicted molar refractivity (Wildman–Crippen MR) is 162 cm³/mol. The molecule has 1 fully saturated rings. The van der Waals surface area contributed by atoms with Gasteiger partial charge in [0.25, 0.3) is 0 Å². The number of halogens is 3. The maximum absolute atomic E-state index is 13.8. The minimum Gasteiger partial charge on any atom is -0.406 e. The second-order valence-corrected chi connectivity index (χ2v) is 12.2. The Kier molecular flexibility index (Phi) is 8.51. The topological polar surface area (TPSA) is 131 Å². The second-order valence-electron chi connectivity index (χ2n) is 10.3. The molecular weight excluding hydrogens is 623 g/mol. The summed E-state index contributed by atoms with van der Waals surface area (Å²) in [7, 11) is -4.32. The number of benzene rings is 3. The summed E-state index contributed by atoms with van der Waals surface area (Å²) in [5, 5.41) is 2.84. The lowest BCUT2D eigenvalue weighted by molar-refractivity contribution is -0.274. The van der Waals surface area contributed by atoms with Crippen LogP contribution in [-0.2, 0) is 21.4 Å². The molecule has 3 aromatic carbocycles. The first-order valence-corrected chi connectivity index (χ1v) is 15.5. The zero-order valence-electron chi connectivity index (χ0n) is 24.0. The molecule has 0 aliphatic carbocycles. The molecule has 46 heavy (non-hydrogen) atoms. The van der Waals surface area contributed by atoms with Gasteiger partial charge >= 0.3 is 6.36 Å². The molecule has 1 saturated heterocycles. The lowest BCUT2D eigenvalue weighted by Crippen LogP contribution is -2.60. The van der Waals surface area contributed by atoms with Crippen molar-refractivity contribution in [2.75, 3.05) is 24.5 Å². The van der Waals surface area contributed by atoms with E-state index in [2.05, 4.69) is 30.0 Å². The normalized spacial score (nSPS) is 15.9. The third kappa shape index (κ3) is 6.89. The number of aromatic nitrogens is 4. The number of carbonyl (C=O) groups is 1. The summed E-state index contributed by atoms with van der Waals surface area (Å²) < 4.78 is 70.4. The zero-order chi connectivity index (χ0) is 32.3. The SMILES string of the molecule is O=C(NCc1ccc(-c2ccccc2)cc1)[C@H]1CN(c2cnc3cncnc3n2)CCN1S(=O)(=O)c1ccc(OC(F)(F)F)cc1. The minimum absolute atomic E-state index is 0.0709. The van der Waals surface area contributed by atoms with Gasteiger partial charge in [0.1, 0.15) is 29.5 Å². The third-order valence-corrected chi connectivity index (χ3v) is 9.28. The Bertz CT molecular complexity index is 1950. The number of anilines is 1. The lowest BCUT2D eigenvalue weighted by atomic mass is 10.0. The molecule has 15 heteroatoms. The van der Waals surface area contributed by atoms with Crippen molar-refractivity contribution in [3.05, 3.63) is 103 Å². The summed E-state index contributed by atoms with van der Waals surface area (Å²) in [5.74, 6) is -0.734. The summed E-state index contributed by atoms with van der Waals surface area (Å²) in [6.07, 6.45) is -0.589. The Hall–Kier alpha value is -5.15. The van der Waals surface area contributed by atoms with Gasteiger partial charge in [-0.15, -0.1) is 13.2 Å². The van der Waals surface area contributed by atoms with Crippen LogP contribution in [0.5, 0.6) is 5.75 Å². The van der Waals surface area contributed by atoms with E-state index < -0.39 is 34.1 Å². The number of nitrogens with one attached hydrogen (secondary N) is 1. The summed E-state index contributed by atoms with van der Waals surface area (Å²) in [6.45, 7) is 0.105. The van der Waals surface area contributed by atoms with Gasteiger partial charge in [0, 0.05) is 26.2 Å². The van der Waals surface area contributed by atoms with Crippen LogP contribution in [0.25, 0.3) is 22.3 Å². The molecule has 1 aliphatic rings. The number of alkyl halides is 3. The van der Waals surface area contributed by atoms with Crippen molar-refractivity contribution >= 4 is 32.9 Å². The van der Waals surface area contributed by atoms with Gasteiger partial charge in [-0.05, 0) is 41.0 Å². The van der Waals surface area contributed by atoms with Crippen molar-refractivity contribution < 1.29 is 31.1 Å². The van der Waals surface area contributed by atoms with Gasteiger partial charge in [-0.25, -0.2) is 28.4 Å². The van der Waals surface area contributed by atoms with Crippen LogP contribution in [0.4, 0.5) is 19.0 Å². The monoisotopic (exact) mass is 649 g/mol. The maximum atomic E-state index is 13.8. The van der Waals surface area contributed by atoms with Crippen LogP contribution in [0.3, 0.4) is 0 Å². The summed E-state index contributed by atoms with van der Waals surface area (Å²) >= 11 is 0. The number of hydrogen-bond donors (Lipinski definition) is 1. The van der Waals surface area contributed by atoms with Crippen molar-refractivity contribution in [3.8, 4) is 16.9 Å². The summed E-state index contributed by atoms with van der Waals surface area (Å²) in [5.41, 5.74) is 3.66. The molecule has 5 aromatic rings. The van der Waals surface area contributed by atoms with Crippen LogP contribution < -0.4 is 15.0 Å². The van der Waals surface area contributed by atoms with Gasteiger partial charge in [-0.2, -0.15) is 4.31 Å². The Balaban J connectivity index is 1.24. The number of ether oxygens (including phenoxy) is 1. The molecule has 0 bridgehead atoms. The fraction of sp³-hybridized carbons (Fsp3) is 0.194. The van der Waals surface area contributed by atoms with E-state index in [0.717, 1.165) is 45.3 Å². The first kappa shape index (κ1) is 30.9. The standard InChI is InChI=1S/C31H26F3N7O4S/c32-31(33,34)45-24-10-12-25(13-11-24)46(43,44)41-15-14-40(28-18-36-26-17-35-20-38-29(26)39-28)19-27(41)30(42)37-16-21-6-8-23(9-7-21)22-4-2-1-3-5-22/h1-13,17-18,20,27H,14-16,19H2,(H,37,42)/t27-/m1/s1. The molecule has 1 atom stereocenters. The highest BCUT2D eigenvalue weighted by Gasteiger charge is 2.41. The molecule has 0 unspecified atom stereocenters. The van der Waals surface area contributed by atoms with Crippen LogP contribution in [0.2, 0.25) is 0 Å². The van der Waals surface area contributed by atoms with Crippen molar-refractivity contribution in [1.29, 1.82) is 0 Å². The van der Waals surface area contributed by atoms with E-state index in [9.17, 15) is 26.4 Å². The Morgan fingerprint density at radius 1 is 0.913 bits per heavy atom. The average molecular weight is 650 g/mol. The van der Waals surface area contributed by atoms with Gasteiger partial charge < -0.3 is 15.0 Å². The van der Waals surface area contributed by atoms with E-state index in [1.807, 2.05) is 54.6 Å². The number of carbonyl (C=O) groups excluding carboxylic acids is 1. The predicted octanol–water partition coefficient (Wildman–Crippen LogP) is 4.18. The van der Waals surface area contributed by atoms with E-state index in [0.29, 0.717) is 17.0 Å². The number of nitrogens with zero attached hydrogens (tertiary/aromatic N) is 6. The molecule has 1 N–H and O–H groups in total. The zero-order valence-corrected chi connectivity index (χ0v) is 24.8. The summed E-state index contributed by atoms with van der Waals surface area (Å²) in [4.78, 5) is 32.0. The van der Waals surface area contributed by atoms with Gasteiger partial charge in [-0.3, -0.25) is 4.79 Å². The van der Waals surface area contributed by atoms with Gasteiger partial charge in [0.05, 0.1) is 17.3 Å². The first-order valence-electron chi connectivity index (χ1n) is 14.0. The highest BCUT2D eigenvalue weighted by Crippen LogP contribution is 2.28. The van der Waals surface area contributed by atoms with Crippen LogP contribution in [0.1, 0.15) is 5.56 Å². The Morgan fingerprint density at radius 3 is 2.35 bits per heavy atom. The number of piperazine rings is 1. The smallest absolute Gasteiger partial charge is 0.406 e. The Morgan fingerprint density at radius 2 is 1.63 bits per heavy atom. The second kappa shape index (κ2) is 12.7. The highest BCUT2D eigenvalue weighted by atomic mass is 32.2. The van der Waals surface area contributed by atoms with E-state index in [-0.39, 0.29) is 31.1 Å². The number of amides is 1. The fourth-order valence-corrected chi connectivity index (χ4v) is 6.66. The molecule has 2 aromatic heterocycles. The molecule has 3 heterocycles. The van der Waals surface area contributed by atoms with Crippen molar-refractivity contribution in [2.24, 2.45) is 0 Å². The van der Waals surface area contributed by atoms with E-state index in [1.54, 1.807) is 4.90 Å². The molecule has 0 spiro atoms. The Labute approximate surface area is 261 Å². The van der Waals surface area contributed by atoms with Gasteiger partial charge in [0.2, 0.25) is 15.9 Å². The van der Waals surface area contributed by atoms with Crippen LogP contribution in [-0.4, -0.2) is 70.6 Å². The lowest BCUT2D eigenvalue weighted by Gasteiger charge is -2.40. The fourth-order valence-electron chi connectivity index (χ4n) is 5.09. The quantitative estimate of drug-likeness (QED) is 0.263. The van der Waals surface area contributed by atoms with E-state index in [1.165, 1.54) is 18.7 Å². The maximum Gasteiger partial charge on any atom is 0.573 e. The van der Waals surface area contributed by atoms with Gasteiger partial charge in [0.15, 0.2) is 5.65 Å². The average Bonchev–Trinajstić information content (AvgIpc) is 3.07. The largest absolute Gasteiger partial charge is 0.573 e. The molecule has 11 nitrogen and oxygen atoms in total. The molecular formula is C31H26F3N7O4S. The van der Waals surface area contributed by atoms with Crippen molar-refractivity contribution in [3.63, 3.8) is 0 Å². The molecule has 1 amide bonds. The highest BCUT2D eigenvalue weighted by molar-refractivity contribution is 7.89. The molecule has 0 saturated carbocycles. The number of hydrogen-bond acceptors (Lipinski definition) is 9. The van der Waals surface area contributed by atoms with E-state index in [4.69, 9.17) is 0 Å². The molecule has 1 aliphatic heterocycles. The van der Waals surface area contributed by atoms with E-state index >= 15 is 0 Å². The minimum atomic E-state index is -4.93. The number of sulfonamides is 1. The van der Waals surface area contributed by atoms with Crippen LogP contribution in [0.15, 0.2) is 102 Å². The van der Waals surface area contributed by atoms with Gasteiger partial charge in [-0.1, -0.05) is 54.6 Å². The third-order valence-electron chi connectivity index (χ3n) is 7.36. The molecule has 0 radical (unpaired) electrons. The molecule has 6 rings (SSSR count). The number of rotatable bonds is 8. The van der Waals surface area contributed by atoms with Crippen LogP contribution in [0, 0.1) is 0 Å². The van der Waals surface area contributed by atoms with Crippen molar-refractivity contribution in [1.82, 2.24) is 29.6 Å².